The lowest BCUT2D eigenvalue weighted by Gasteiger charge is -2.13. The van der Waals surface area contributed by atoms with E-state index in [1.807, 2.05) is 19.1 Å². The second-order valence-corrected chi connectivity index (χ2v) is 5.79. The van der Waals surface area contributed by atoms with Crippen molar-refractivity contribution in [2.24, 2.45) is 0 Å². The molecule has 0 unspecified atom stereocenters. The van der Waals surface area contributed by atoms with Gasteiger partial charge in [0.05, 0.1) is 6.61 Å². The lowest BCUT2D eigenvalue weighted by atomic mass is 10.2. The zero-order valence-corrected chi connectivity index (χ0v) is 13.5. The van der Waals surface area contributed by atoms with Crippen LogP contribution in [-0.4, -0.2) is 13.2 Å². The number of nitrogens with one attached hydrogen (secondary N) is 1. The average Bonchev–Trinajstić information content (AvgIpc) is 3.00. The molecule has 0 aliphatic heterocycles. The second kappa shape index (κ2) is 8.70. The molecule has 4 heteroatoms. The molecule has 0 saturated carbocycles. The van der Waals surface area contributed by atoms with Crippen molar-refractivity contribution in [2.45, 2.75) is 33.4 Å². The van der Waals surface area contributed by atoms with Gasteiger partial charge in [0.25, 0.3) is 0 Å². The number of benzene rings is 1. The summed E-state index contributed by atoms with van der Waals surface area (Å²) in [5.41, 5.74) is 1.22. The van der Waals surface area contributed by atoms with E-state index >= 15 is 0 Å². The highest BCUT2D eigenvalue weighted by atomic mass is 32.1. The summed E-state index contributed by atoms with van der Waals surface area (Å²) in [6.07, 6.45) is 1.14. The molecular weight excluding hydrogens is 282 g/mol. The standard InChI is InChI=1S/C17H23NO2S/c1-3-9-18-12-14-7-8-16(17(11-14)19-4-2)20-13-15-6-5-10-21-15/h5-8,10-11,18H,3-4,9,12-13H2,1-2H3. The molecule has 1 aromatic heterocycles. The molecule has 0 saturated heterocycles. The van der Waals surface area contributed by atoms with Gasteiger partial charge >= 0.3 is 0 Å². The number of rotatable bonds is 9. The largest absolute Gasteiger partial charge is 0.490 e. The molecule has 0 atom stereocenters. The Kier molecular flexibility index (Phi) is 6.57. The van der Waals surface area contributed by atoms with Crippen molar-refractivity contribution in [3.05, 3.63) is 46.2 Å². The highest BCUT2D eigenvalue weighted by Crippen LogP contribution is 2.29. The Morgan fingerprint density at radius 2 is 2.00 bits per heavy atom. The number of hydrogen-bond donors (Lipinski definition) is 1. The fourth-order valence-electron chi connectivity index (χ4n) is 2.00. The third-order valence-corrected chi connectivity index (χ3v) is 3.86. The summed E-state index contributed by atoms with van der Waals surface area (Å²) < 4.78 is 11.6. The molecule has 114 valence electrons. The van der Waals surface area contributed by atoms with Crippen LogP contribution in [0.25, 0.3) is 0 Å². The van der Waals surface area contributed by atoms with E-state index in [1.165, 1.54) is 10.4 Å². The minimum absolute atomic E-state index is 0.588. The molecule has 0 aliphatic rings. The van der Waals surface area contributed by atoms with Crippen LogP contribution >= 0.6 is 11.3 Å². The molecule has 0 amide bonds. The van der Waals surface area contributed by atoms with Crippen molar-refractivity contribution >= 4 is 11.3 Å². The summed E-state index contributed by atoms with van der Waals surface area (Å²) in [7, 11) is 0. The van der Waals surface area contributed by atoms with Crippen LogP contribution in [-0.2, 0) is 13.2 Å². The number of thiophene rings is 1. The molecule has 0 fully saturated rings. The molecule has 1 N–H and O–H groups in total. The third kappa shape index (κ3) is 5.06. The normalized spacial score (nSPS) is 10.6. The average molecular weight is 305 g/mol. The lowest BCUT2D eigenvalue weighted by Crippen LogP contribution is -2.13. The fraction of sp³-hybridized carbons (Fsp3) is 0.412. The Morgan fingerprint density at radius 3 is 2.71 bits per heavy atom. The topological polar surface area (TPSA) is 30.5 Å². The van der Waals surface area contributed by atoms with Crippen molar-refractivity contribution in [1.82, 2.24) is 5.32 Å². The van der Waals surface area contributed by atoms with E-state index in [0.29, 0.717) is 13.2 Å². The number of ether oxygens (including phenoxy) is 2. The van der Waals surface area contributed by atoms with Gasteiger partial charge in [-0.3, -0.25) is 0 Å². The minimum Gasteiger partial charge on any atom is -0.490 e. The van der Waals surface area contributed by atoms with Crippen LogP contribution in [0.2, 0.25) is 0 Å². The van der Waals surface area contributed by atoms with Crippen molar-refractivity contribution in [2.75, 3.05) is 13.2 Å². The first-order valence-electron chi connectivity index (χ1n) is 7.45. The van der Waals surface area contributed by atoms with Crippen LogP contribution in [0.5, 0.6) is 11.5 Å². The maximum Gasteiger partial charge on any atom is 0.161 e. The van der Waals surface area contributed by atoms with Gasteiger partial charge in [0.15, 0.2) is 11.5 Å². The van der Waals surface area contributed by atoms with Crippen LogP contribution in [0.3, 0.4) is 0 Å². The van der Waals surface area contributed by atoms with Gasteiger partial charge in [-0.05, 0) is 49.0 Å². The van der Waals surface area contributed by atoms with Gasteiger partial charge < -0.3 is 14.8 Å². The number of hydrogen-bond acceptors (Lipinski definition) is 4. The Morgan fingerprint density at radius 1 is 1.10 bits per heavy atom. The molecule has 0 aliphatic carbocycles. The van der Waals surface area contributed by atoms with Gasteiger partial charge in [-0.15, -0.1) is 11.3 Å². The van der Waals surface area contributed by atoms with Gasteiger partial charge in [-0.1, -0.05) is 19.1 Å². The van der Waals surface area contributed by atoms with E-state index in [4.69, 9.17) is 9.47 Å². The summed E-state index contributed by atoms with van der Waals surface area (Å²) in [6, 6.07) is 10.3. The van der Waals surface area contributed by atoms with Crippen LogP contribution < -0.4 is 14.8 Å². The van der Waals surface area contributed by atoms with Crippen LogP contribution in [0.1, 0.15) is 30.7 Å². The maximum absolute atomic E-state index is 5.88. The van der Waals surface area contributed by atoms with Gasteiger partial charge in [-0.2, -0.15) is 0 Å². The van der Waals surface area contributed by atoms with Crippen LogP contribution in [0.4, 0.5) is 0 Å². The molecule has 2 aromatic rings. The highest BCUT2D eigenvalue weighted by molar-refractivity contribution is 7.09. The van der Waals surface area contributed by atoms with E-state index in [-0.39, 0.29) is 0 Å². The first kappa shape index (κ1) is 15.9. The molecule has 0 bridgehead atoms. The zero-order chi connectivity index (χ0) is 14.9. The lowest BCUT2D eigenvalue weighted by molar-refractivity contribution is 0.271. The fourth-order valence-corrected chi connectivity index (χ4v) is 2.62. The van der Waals surface area contributed by atoms with E-state index in [2.05, 4.69) is 35.8 Å². The zero-order valence-electron chi connectivity index (χ0n) is 12.7. The summed E-state index contributed by atoms with van der Waals surface area (Å²) in [6.45, 7) is 7.28. The minimum atomic E-state index is 0.588. The first-order chi connectivity index (χ1) is 10.3. The summed E-state index contributed by atoms with van der Waals surface area (Å²) in [5, 5.41) is 5.46. The summed E-state index contributed by atoms with van der Waals surface area (Å²) in [5.74, 6) is 1.63. The Labute approximate surface area is 130 Å². The van der Waals surface area contributed by atoms with E-state index in [9.17, 15) is 0 Å². The molecular formula is C17H23NO2S. The highest BCUT2D eigenvalue weighted by Gasteiger charge is 2.07. The van der Waals surface area contributed by atoms with Gasteiger partial charge in [0.1, 0.15) is 6.61 Å². The molecule has 0 radical (unpaired) electrons. The van der Waals surface area contributed by atoms with Gasteiger partial charge in [-0.25, -0.2) is 0 Å². The monoisotopic (exact) mass is 305 g/mol. The molecule has 2 rings (SSSR count). The second-order valence-electron chi connectivity index (χ2n) is 4.76. The smallest absolute Gasteiger partial charge is 0.161 e. The predicted octanol–water partition coefficient (Wildman–Crippen LogP) is 4.23. The first-order valence-corrected chi connectivity index (χ1v) is 8.33. The Bertz CT molecular complexity index is 526. The molecule has 21 heavy (non-hydrogen) atoms. The third-order valence-electron chi connectivity index (χ3n) is 3.01. The Hall–Kier alpha value is -1.52. The quantitative estimate of drug-likeness (QED) is 0.703. The van der Waals surface area contributed by atoms with E-state index < -0.39 is 0 Å². The van der Waals surface area contributed by atoms with Crippen molar-refractivity contribution in [3.8, 4) is 11.5 Å². The summed E-state index contributed by atoms with van der Waals surface area (Å²) in [4.78, 5) is 1.21. The van der Waals surface area contributed by atoms with E-state index in [1.54, 1.807) is 11.3 Å². The van der Waals surface area contributed by atoms with Crippen LogP contribution in [0, 0.1) is 0 Å². The molecule has 1 heterocycles. The SMILES string of the molecule is CCCNCc1ccc(OCc2cccs2)c(OCC)c1. The van der Waals surface area contributed by atoms with Crippen LogP contribution in [0.15, 0.2) is 35.7 Å². The Balaban J connectivity index is 2.01. The molecule has 3 nitrogen and oxygen atoms in total. The van der Waals surface area contributed by atoms with Gasteiger partial charge in [0, 0.05) is 11.4 Å². The van der Waals surface area contributed by atoms with Crippen molar-refractivity contribution in [3.63, 3.8) is 0 Å². The predicted molar refractivity (Wildman–Crippen MR) is 88.3 cm³/mol. The van der Waals surface area contributed by atoms with Crippen molar-refractivity contribution < 1.29 is 9.47 Å². The molecule has 1 aromatic carbocycles. The molecule has 0 spiro atoms. The van der Waals surface area contributed by atoms with Gasteiger partial charge in [0.2, 0.25) is 0 Å². The maximum atomic E-state index is 5.88. The van der Waals surface area contributed by atoms with Crippen molar-refractivity contribution in [1.29, 1.82) is 0 Å². The summed E-state index contributed by atoms with van der Waals surface area (Å²) >= 11 is 1.70. The van der Waals surface area contributed by atoms with E-state index in [0.717, 1.165) is 31.0 Å².